The van der Waals surface area contributed by atoms with Crippen LogP contribution in [-0.2, 0) is 28.6 Å². The fourth-order valence-corrected chi connectivity index (χ4v) is 4.19. The summed E-state index contributed by atoms with van der Waals surface area (Å²) in [5.74, 6) is 0.0868. The molecule has 31 heavy (non-hydrogen) atoms. The zero-order valence-electron chi connectivity index (χ0n) is 17.3. The average Bonchev–Trinajstić information content (AvgIpc) is 3.24. The molecule has 3 rings (SSSR count). The first-order valence-electron chi connectivity index (χ1n) is 9.53. The van der Waals surface area contributed by atoms with Gasteiger partial charge in [0.05, 0.1) is 6.33 Å². The molecule has 0 unspecified atom stereocenters. The van der Waals surface area contributed by atoms with E-state index in [1.54, 1.807) is 4.57 Å². The first-order chi connectivity index (χ1) is 14.8. The minimum absolute atomic E-state index is 0.112. The Labute approximate surface area is 182 Å². The van der Waals surface area contributed by atoms with Gasteiger partial charge < -0.3 is 25.3 Å². The number of esters is 2. The summed E-state index contributed by atoms with van der Waals surface area (Å²) in [5, 5.41) is 2.71. The summed E-state index contributed by atoms with van der Waals surface area (Å²) >= 11 is 1.51. The zero-order valence-corrected chi connectivity index (χ0v) is 18.1. The van der Waals surface area contributed by atoms with E-state index in [2.05, 4.69) is 20.3 Å². The van der Waals surface area contributed by atoms with Crippen molar-refractivity contribution in [2.75, 3.05) is 23.8 Å². The van der Waals surface area contributed by atoms with Crippen molar-refractivity contribution >= 4 is 46.6 Å². The fourth-order valence-electron chi connectivity index (χ4n) is 3.27. The number of aromatic nitrogens is 4. The number of hydrogen-bond donors (Lipinski definition) is 2. The number of amides is 1. The highest BCUT2D eigenvalue weighted by Crippen LogP contribution is 2.37. The molecule has 4 atom stereocenters. The lowest BCUT2D eigenvalue weighted by Crippen LogP contribution is -2.39. The number of fused-ring (bicyclic) bond motifs is 1. The minimum Gasteiger partial charge on any atom is -0.456 e. The Hall–Kier alpha value is -2.93. The Bertz CT molecular complexity index is 968. The van der Waals surface area contributed by atoms with E-state index >= 15 is 0 Å². The molecule has 0 aliphatic carbocycles. The maximum absolute atomic E-state index is 11.8. The Kier molecular flexibility index (Phi) is 7.28. The van der Waals surface area contributed by atoms with Crippen LogP contribution < -0.4 is 11.1 Å². The van der Waals surface area contributed by atoms with Gasteiger partial charge in [-0.2, -0.15) is 11.8 Å². The number of thioether (sulfide) groups is 1. The van der Waals surface area contributed by atoms with E-state index in [1.165, 1.54) is 45.2 Å². The molecule has 0 spiro atoms. The van der Waals surface area contributed by atoms with Crippen LogP contribution in [0.15, 0.2) is 12.7 Å². The quantitative estimate of drug-likeness (QED) is 0.411. The summed E-state index contributed by atoms with van der Waals surface area (Å²) in [6.07, 6.45) is -0.406. The predicted octanol–water partition coefficient (Wildman–Crippen LogP) is 0.0386. The standard InChI is InChI=1S/C18H24N6O6S/c1-9(25)20-4-5-31-6-12-14(28-10(2)26)15(29-11(3)27)18(30-12)24-8-23-13-16(19)21-7-22-17(13)24/h7-8,12,14-15,18H,4-6H2,1-3H3,(H,20,25)(H2,19,21,22)/t12-,14-,15-,18-/m1/s1. The largest absolute Gasteiger partial charge is 0.456 e. The topological polar surface area (TPSA) is 161 Å². The van der Waals surface area contributed by atoms with Crippen LogP contribution in [-0.4, -0.2) is 73.7 Å². The van der Waals surface area contributed by atoms with Crippen molar-refractivity contribution in [1.82, 2.24) is 24.8 Å². The third-order valence-electron chi connectivity index (χ3n) is 4.45. The van der Waals surface area contributed by atoms with Gasteiger partial charge in [-0.1, -0.05) is 0 Å². The lowest BCUT2D eigenvalue weighted by molar-refractivity contribution is -0.165. The summed E-state index contributed by atoms with van der Waals surface area (Å²) in [7, 11) is 0. The minimum atomic E-state index is -0.920. The number of ether oxygens (including phenoxy) is 3. The number of carbonyl (C=O) groups excluding carboxylic acids is 3. The van der Waals surface area contributed by atoms with E-state index in [9.17, 15) is 14.4 Å². The lowest BCUT2D eigenvalue weighted by Gasteiger charge is -2.23. The Morgan fingerprint density at radius 2 is 1.87 bits per heavy atom. The van der Waals surface area contributed by atoms with Crippen LogP contribution in [0, 0.1) is 0 Å². The summed E-state index contributed by atoms with van der Waals surface area (Å²) in [6, 6.07) is 0. The summed E-state index contributed by atoms with van der Waals surface area (Å²) in [6.45, 7) is 4.48. The van der Waals surface area contributed by atoms with Gasteiger partial charge >= 0.3 is 11.9 Å². The van der Waals surface area contributed by atoms with Gasteiger partial charge in [0.15, 0.2) is 29.9 Å². The van der Waals surface area contributed by atoms with E-state index in [4.69, 9.17) is 19.9 Å². The monoisotopic (exact) mass is 452 g/mol. The molecular formula is C18H24N6O6S. The van der Waals surface area contributed by atoms with Crippen LogP contribution in [0.4, 0.5) is 5.82 Å². The van der Waals surface area contributed by atoms with Crippen LogP contribution in [0.2, 0.25) is 0 Å². The van der Waals surface area contributed by atoms with Crippen molar-refractivity contribution in [3.63, 3.8) is 0 Å². The van der Waals surface area contributed by atoms with Crippen molar-refractivity contribution in [1.29, 1.82) is 0 Å². The Morgan fingerprint density at radius 1 is 1.16 bits per heavy atom. The molecular weight excluding hydrogens is 428 g/mol. The third kappa shape index (κ3) is 5.41. The second-order valence-electron chi connectivity index (χ2n) is 6.85. The van der Waals surface area contributed by atoms with Gasteiger partial charge in [0.25, 0.3) is 0 Å². The zero-order chi connectivity index (χ0) is 22.5. The highest BCUT2D eigenvalue weighted by molar-refractivity contribution is 7.99. The van der Waals surface area contributed by atoms with Crippen LogP contribution in [0.25, 0.3) is 11.2 Å². The first-order valence-corrected chi connectivity index (χ1v) is 10.7. The normalized spacial score (nSPS) is 22.9. The van der Waals surface area contributed by atoms with Gasteiger partial charge in [0.1, 0.15) is 17.9 Å². The first kappa shape index (κ1) is 22.7. The molecule has 3 N–H and O–H groups in total. The van der Waals surface area contributed by atoms with Crippen LogP contribution in [0.1, 0.15) is 27.0 Å². The van der Waals surface area contributed by atoms with Crippen molar-refractivity contribution in [3.05, 3.63) is 12.7 Å². The molecule has 2 aromatic heterocycles. The highest BCUT2D eigenvalue weighted by Gasteiger charge is 2.50. The maximum Gasteiger partial charge on any atom is 0.303 e. The molecule has 0 saturated carbocycles. The number of nitrogens with zero attached hydrogens (tertiary/aromatic N) is 4. The highest BCUT2D eigenvalue weighted by atomic mass is 32.2. The van der Waals surface area contributed by atoms with Gasteiger partial charge in [-0.3, -0.25) is 19.0 Å². The van der Waals surface area contributed by atoms with Gasteiger partial charge in [-0.15, -0.1) is 0 Å². The Morgan fingerprint density at radius 3 is 2.55 bits per heavy atom. The molecule has 3 heterocycles. The number of rotatable bonds is 8. The smallest absolute Gasteiger partial charge is 0.303 e. The molecule has 12 nitrogen and oxygen atoms in total. The average molecular weight is 452 g/mol. The molecule has 1 aliphatic rings. The van der Waals surface area contributed by atoms with E-state index in [0.717, 1.165) is 0 Å². The predicted molar refractivity (Wildman–Crippen MR) is 111 cm³/mol. The maximum atomic E-state index is 11.8. The molecule has 0 bridgehead atoms. The number of nitrogen functional groups attached to an aromatic ring is 1. The second-order valence-corrected chi connectivity index (χ2v) is 8.00. The summed E-state index contributed by atoms with van der Waals surface area (Å²) in [5.41, 5.74) is 6.64. The fraction of sp³-hybridized carbons (Fsp3) is 0.556. The van der Waals surface area contributed by atoms with E-state index in [0.29, 0.717) is 29.2 Å². The van der Waals surface area contributed by atoms with Crippen LogP contribution in [0.5, 0.6) is 0 Å². The molecule has 2 aromatic rings. The number of nitrogens with two attached hydrogens (primary N) is 1. The molecule has 168 valence electrons. The molecule has 1 aliphatic heterocycles. The summed E-state index contributed by atoms with van der Waals surface area (Å²) in [4.78, 5) is 46.9. The number of imidazole rings is 1. The van der Waals surface area contributed by atoms with Crippen molar-refractivity contribution in [3.8, 4) is 0 Å². The molecule has 1 saturated heterocycles. The van der Waals surface area contributed by atoms with Gasteiger partial charge in [0, 0.05) is 38.8 Å². The third-order valence-corrected chi connectivity index (χ3v) is 5.51. The number of hydrogen-bond acceptors (Lipinski definition) is 11. The number of anilines is 1. The van der Waals surface area contributed by atoms with E-state index < -0.39 is 36.5 Å². The van der Waals surface area contributed by atoms with E-state index in [-0.39, 0.29) is 11.7 Å². The van der Waals surface area contributed by atoms with Crippen LogP contribution >= 0.6 is 11.8 Å². The van der Waals surface area contributed by atoms with Crippen molar-refractivity contribution in [2.24, 2.45) is 0 Å². The SMILES string of the molecule is CC(=O)NCCSC[C@H]1O[C@@H](n2cnc3c(N)ncnc32)[C@H](OC(C)=O)[C@@H]1OC(C)=O. The summed E-state index contributed by atoms with van der Waals surface area (Å²) < 4.78 is 18.7. The van der Waals surface area contributed by atoms with Crippen molar-refractivity contribution in [2.45, 2.75) is 45.3 Å². The lowest BCUT2D eigenvalue weighted by atomic mass is 10.1. The van der Waals surface area contributed by atoms with Crippen molar-refractivity contribution < 1.29 is 28.6 Å². The van der Waals surface area contributed by atoms with Gasteiger partial charge in [-0.25, -0.2) is 15.0 Å². The molecule has 0 radical (unpaired) electrons. The molecule has 1 fully saturated rings. The van der Waals surface area contributed by atoms with Gasteiger partial charge in [-0.05, 0) is 0 Å². The molecule has 1 amide bonds. The van der Waals surface area contributed by atoms with Gasteiger partial charge in [0.2, 0.25) is 5.91 Å². The van der Waals surface area contributed by atoms with Crippen LogP contribution in [0.3, 0.4) is 0 Å². The molecule has 13 heteroatoms. The Balaban J connectivity index is 1.86. The number of carbonyl (C=O) groups is 3. The second kappa shape index (κ2) is 9.92. The molecule has 0 aromatic carbocycles. The van der Waals surface area contributed by atoms with E-state index in [1.807, 2.05) is 0 Å². The number of nitrogens with one attached hydrogen (secondary N) is 1.